The maximum Gasteiger partial charge on any atom is 0.0409 e. The average Bonchev–Trinajstić information content (AvgIpc) is 2.29. The fraction of sp³-hybridized carbons (Fsp3) is 0.267. The van der Waals surface area contributed by atoms with Gasteiger partial charge in [-0.2, -0.15) is 0 Å². The number of aromatic nitrogens is 1. The lowest BCUT2D eigenvalue weighted by Gasteiger charge is -2.11. The Balaban J connectivity index is 2.73. The summed E-state index contributed by atoms with van der Waals surface area (Å²) in [4.78, 5) is 4.41. The normalized spacial score (nSPS) is 13.2. The molecule has 1 rings (SSSR count). The zero-order valence-corrected chi connectivity index (χ0v) is 10.1. The Bertz CT molecular complexity index is 384. The van der Waals surface area contributed by atoms with E-state index < -0.39 is 0 Å². The Morgan fingerprint density at radius 3 is 2.69 bits per heavy atom. The first-order valence-corrected chi connectivity index (χ1v) is 5.54. The molecule has 0 aliphatic rings. The highest BCUT2D eigenvalue weighted by atomic mass is 14.7. The molecule has 1 heterocycles. The van der Waals surface area contributed by atoms with Gasteiger partial charge in [-0.15, -0.1) is 0 Å². The van der Waals surface area contributed by atoms with Gasteiger partial charge >= 0.3 is 0 Å². The lowest BCUT2D eigenvalue weighted by atomic mass is 9.95. The Labute approximate surface area is 98.2 Å². The maximum absolute atomic E-state index is 4.41. The highest BCUT2D eigenvalue weighted by molar-refractivity contribution is 5.25. The van der Waals surface area contributed by atoms with Gasteiger partial charge in [0, 0.05) is 11.9 Å². The van der Waals surface area contributed by atoms with Gasteiger partial charge in [-0.25, -0.2) is 0 Å². The van der Waals surface area contributed by atoms with Crippen LogP contribution < -0.4 is 0 Å². The van der Waals surface area contributed by atoms with E-state index in [0.29, 0.717) is 5.92 Å². The molecule has 1 atom stereocenters. The summed E-state index contributed by atoms with van der Waals surface area (Å²) in [6.45, 7) is 11.8. The maximum atomic E-state index is 4.41. The SMILES string of the molecule is C=C/C=C(\C=C)C(C)Cc1ccc(C)cn1. The molecule has 0 N–H and O–H groups in total. The molecule has 1 heteroatoms. The highest BCUT2D eigenvalue weighted by Gasteiger charge is 2.07. The van der Waals surface area contributed by atoms with Gasteiger partial charge in [0.05, 0.1) is 0 Å². The van der Waals surface area contributed by atoms with Crippen LogP contribution in [-0.2, 0) is 6.42 Å². The Morgan fingerprint density at radius 2 is 2.19 bits per heavy atom. The van der Waals surface area contributed by atoms with Crippen molar-refractivity contribution in [3.63, 3.8) is 0 Å². The van der Waals surface area contributed by atoms with E-state index in [4.69, 9.17) is 0 Å². The molecule has 1 aromatic rings. The van der Waals surface area contributed by atoms with Gasteiger partial charge < -0.3 is 0 Å². The molecule has 0 amide bonds. The second kappa shape index (κ2) is 6.06. The van der Waals surface area contributed by atoms with Gasteiger partial charge in [-0.1, -0.05) is 44.4 Å². The number of nitrogens with zero attached hydrogens (tertiary/aromatic N) is 1. The summed E-state index contributed by atoms with van der Waals surface area (Å²) in [5, 5.41) is 0. The van der Waals surface area contributed by atoms with Crippen LogP contribution in [0.25, 0.3) is 0 Å². The molecule has 0 aliphatic heterocycles. The van der Waals surface area contributed by atoms with Crippen molar-refractivity contribution in [3.8, 4) is 0 Å². The first-order valence-electron chi connectivity index (χ1n) is 5.54. The molecule has 84 valence electrons. The van der Waals surface area contributed by atoms with Gasteiger partial charge in [0.2, 0.25) is 0 Å². The third-order valence-electron chi connectivity index (χ3n) is 2.60. The lowest BCUT2D eigenvalue weighted by Crippen LogP contribution is -2.03. The van der Waals surface area contributed by atoms with Crippen molar-refractivity contribution < 1.29 is 0 Å². The van der Waals surface area contributed by atoms with E-state index in [-0.39, 0.29) is 0 Å². The van der Waals surface area contributed by atoms with Crippen molar-refractivity contribution in [2.24, 2.45) is 5.92 Å². The zero-order chi connectivity index (χ0) is 12.0. The van der Waals surface area contributed by atoms with Gasteiger partial charge in [0.15, 0.2) is 0 Å². The monoisotopic (exact) mass is 213 g/mol. The molecule has 0 bridgehead atoms. The summed E-state index contributed by atoms with van der Waals surface area (Å²) in [5.41, 5.74) is 3.52. The van der Waals surface area contributed by atoms with Crippen LogP contribution in [0.5, 0.6) is 0 Å². The quantitative estimate of drug-likeness (QED) is 0.677. The molecule has 16 heavy (non-hydrogen) atoms. The molecular formula is C15H19N. The van der Waals surface area contributed by atoms with Crippen molar-refractivity contribution in [1.29, 1.82) is 0 Å². The van der Waals surface area contributed by atoms with Crippen LogP contribution in [0.15, 0.2) is 55.3 Å². The largest absolute Gasteiger partial charge is 0.261 e. The summed E-state index contributed by atoms with van der Waals surface area (Å²) in [7, 11) is 0. The molecular weight excluding hydrogens is 194 g/mol. The summed E-state index contributed by atoms with van der Waals surface area (Å²) >= 11 is 0. The molecule has 1 aromatic heterocycles. The van der Waals surface area contributed by atoms with E-state index in [2.05, 4.69) is 37.2 Å². The summed E-state index contributed by atoms with van der Waals surface area (Å²) < 4.78 is 0. The van der Waals surface area contributed by atoms with E-state index >= 15 is 0 Å². The Kier molecular flexibility index (Phi) is 4.71. The summed E-state index contributed by atoms with van der Waals surface area (Å²) in [6.07, 6.45) is 8.54. The van der Waals surface area contributed by atoms with Crippen LogP contribution in [0.4, 0.5) is 0 Å². The van der Waals surface area contributed by atoms with Crippen molar-refractivity contribution >= 4 is 0 Å². The topological polar surface area (TPSA) is 12.9 Å². The molecule has 0 spiro atoms. The minimum absolute atomic E-state index is 0.422. The molecule has 0 saturated carbocycles. The standard InChI is InChI=1S/C15H19N/c1-5-7-14(6-2)13(4)10-15-9-8-12(3)11-16-15/h5-9,11,13H,1-2,10H2,3-4H3/b14-7+. The molecule has 1 unspecified atom stereocenters. The van der Waals surface area contributed by atoms with Crippen molar-refractivity contribution in [2.45, 2.75) is 20.3 Å². The fourth-order valence-corrected chi connectivity index (χ4v) is 1.62. The molecule has 0 aliphatic carbocycles. The number of pyridine rings is 1. The van der Waals surface area contributed by atoms with Crippen LogP contribution in [0.3, 0.4) is 0 Å². The first-order chi connectivity index (χ1) is 7.67. The minimum atomic E-state index is 0.422. The Morgan fingerprint density at radius 1 is 1.44 bits per heavy atom. The number of aryl methyl sites for hydroxylation is 1. The van der Waals surface area contributed by atoms with Crippen LogP contribution >= 0.6 is 0 Å². The fourth-order valence-electron chi connectivity index (χ4n) is 1.62. The molecule has 1 nitrogen and oxygen atoms in total. The zero-order valence-electron chi connectivity index (χ0n) is 10.1. The number of hydrogen-bond donors (Lipinski definition) is 0. The van der Waals surface area contributed by atoms with Crippen molar-refractivity contribution in [1.82, 2.24) is 4.98 Å². The van der Waals surface area contributed by atoms with E-state index in [1.807, 2.05) is 25.3 Å². The van der Waals surface area contributed by atoms with Gasteiger partial charge in [-0.05, 0) is 36.5 Å². The number of hydrogen-bond acceptors (Lipinski definition) is 1. The lowest BCUT2D eigenvalue weighted by molar-refractivity contribution is 0.679. The van der Waals surface area contributed by atoms with E-state index in [9.17, 15) is 0 Å². The third kappa shape index (κ3) is 3.50. The van der Waals surface area contributed by atoms with Crippen LogP contribution in [0, 0.1) is 12.8 Å². The number of allylic oxidation sites excluding steroid dienone is 4. The predicted molar refractivity (Wildman–Crippen MR) is 70.3 cm³/mol. The molecule has 0 radical (unpaired) electrons. The van der Waals surface area contributed by atoms with E-state index in [1.165, 1.54) is 11.1 Å². The van der Waals surface area contributed by atoms with Gasteiger partial charge in [0.25, 0.3) is 0 Å². The van der Waals surface area contributed by atoms with Crippen LogP contribution in [-0.4, -0.2) is 4.98 Å². The van der Waals surface area contributed by atoms with Crippen LogP contribution in [0.1, 0.15) is 18.2 Å². The van der Waals surface area contributed by atoms with Crippen molar-refractivity contribution in [2.75, 3.05) is 0 Å². The molecule has 0 aromatic carbocycles. The van der Waals surface area contributed by atoms with E-state index in [1.54, 1.807) is 6.08 Å². The van der Waals surface area contributed by atoms with Crippen LogP contribution in [0.2, 0.25) is 0 Å². The minimum Gasteiger partial charge on any atom is -0.261 e. The molecule has 0 saturated heterocycles. The number of rotatable bonds is 5. The molecule has 0 fully saturated rings. The average molecular weight is 213 g/mol. The van der Waals surface area contributed by atoms with Crippen molar-refractivity contribution in [3.05, 3.63) is 66.5 Å². The Hall–Kier alpha value is -1.63. The van der Waals surface area contributed by atoms with Gasteiger partial charge in [0.1, 0.15) is 0 Å². The first kappa shape index (κ1) is 12.4. The predicted octanol–water partition coefficient (Wildman–Crippen LogP) is 3.87. The van der Waals surface area contributed by atoms with Gasteiger partial charge in [-0.3, -0.25) is 4.98 Å². The smallest absolute Gasteiger partial charge is 0.0409 e. The second-order valence-corrected chi connectivity index (χ2v) is 4.04. The summed E-state index contributed by atoms with van der Waals surface area (Å²) in [6, 6.07) is 4.18. The second-order valence-electron chi connectivity index (χ2n) is 4.04. The van der Waals surface area contributed by atoms with E-state index in [0.717, 1.165) is 12.1 Å². The summed E-state index contributed by atoms with van der Waals surface area (Å²) in [5.74, 6) is 0.422. The third-order valence-corrected chi connectivity index (χ3v) is 2.60. The highest BCUT2D eigenvalue weighted by Crippen LogP contribution is 2.16.